The number of carboxylic acids is 1. The number of nitrogen functional groups attached to an aromatic ring is 1. The molecule has 1 amide bonds. The lowest BCUT2D eigenvalue weighted by atomic mass is 9.89. The van der Waals surface area contributed by atoms with E-state index in [0.717, 1.165) is 45.2 Å². The maximum absolute atomic E-state index is 12.9. The number of anilines is 2. The Kier molecular flexibility index (Phi) is 16.1. The number of aromatic carboxylic acids is 1. The van der Waals surface area contributed by atoms with Crippen LogP contribution in [-0.4, -0.2) is 99.8 Å². The van der Waals surface area contributed by atoms with E-state index < -0.39 is 38.8 Å². The molecule has 20 heteroatoms. The number of aromatic nitrogens is 3. The summed E-state index contributed by atoms with van der Waals surface area (Å²) in [5.74, 6) is -0.188. The number of carboxylic acid groups (broad SMARTS) is 1. The summed E-state index contributed by atoms with van der Waals surface area (Å²) in [4.78, 5) is 57.6. The van der Waals surface area contributed by atoms with Gasteiger partial charge in [0.2, 0.25) is 5.91 Å². The van der Waals surface area contributed by atoms with Gasteiger partial charge in [0.25, 0.3) is 0 Å². The largest absolute Gasteiger partial charge is 0.494 e. The fourth-order valence-corrected chi connectivity index (χ4v) is 8.54. The van der Waals surface area contributed by atoms with Gasteiger partial charge in [-0.25, -0.2) is 19.3 Å². The highest BCUT2D eigenvalue weighted by atomic mass is 31.2. The van der Waals surface area contributed by atoms with Crippen molar-refractivity contribution in [2.24, 2.45) is 4.99 Å². The third kappa shape index (κ3) is 11.6. The Bertz CT molecular complexity index is 2930. The van der Waals surface area contributed by atoms with Crippen LogP contribution in [0.4, 0.5) is 11.5 Å². The zero-order valence-corrected chi connectivity index (χ0v) is 39.2. The second kappa shape index (κ2) is 22.1. The van der Waals surface area contributed by atoms with E-state index in [1.165, 1.54) is 12.4 Å². The smallest absolute Gasteiger partial charge is 0.469 e. The van der Waals surface area contributed by atoms with Gasteiger partial charge >= 0.3 is 13.8 Å². The number of fused-ring (bicyclic) bond motifs is 3. The number of nitrogens with one attached hydrogen (secondary N) is 2. The van der Waals surface area contributed by atoms with Crippen molar-refractivity contribution in [3.8, 4) is 28.2 Å². The van der Waals surface area contributed by atoms with Gasteiger partial charge in [-0.05, 0) is 81.1 Å². The first-order valence-electron chi connectivity index (χ1n) is 22.2. The van der Waals surface area contributed by atoms with Crippen molar-refractivity contribution in [1.29, 1.82) is 0 Å². The summed E-state index contributed by atoms with van der Waals surface area (Å²) in [6.07, 6.45) is 6.77. The predicted octanol–water partition coefficient (Wildman–Crippen LogP) is 7.13. The molecule has 1 fully saturated rings. The number of nitrogens with two attached hydrogens (primary N) is 1. The summed E-state index contributed by atoms with van der Waals surface area (Å²) < 4.78 is 47.8. The molecule has 4 aromatic rings. The molecule has 19 nitrogen and oxygen atoms in total. The number of amides is 1. The Balaban J connectivity index is 1.000. The molecule has 0 bridgehead atoms. The van der Waals surface area contributed by atoms with Crippen molar-refractivity contribution >= 4 is 59.3 Å². The highest BCUT2D eigenvalue weighted by Crippen LogP contribution is 2.44. The van der Waals surface area contributed by atoms with Gasteiger partial charge < -0.3 is 59.2 Å². The van der Waals surface area contributed by atoms with Crippen molar-refractivity contribution in [3.05, 3.63) is 101 Å². The minimum absolute atomic E-state index is 0.0571. The summed E-state index contributed by atoms with van der Waals surface area (Å²) in [5, 5.41) is 18.9. The molecule has 2 aromatic heterocycles. The molecule has 2 aliphatic heterocycles. The fraction of sp³-hybridized carbons (Fsp3) is 0.354. The van der Waals surface area contributed by atoms with Gasteiger partial charge in [-0.15, -0.1) is 6.58 Å². The van der Waals surface area contributed by atoms with E-state index in [1.54, 1.807) is 41.1 Å². The third-order valence-corrected chi connectivity index (χ3v) is 11.8. The second-order valence-corrected chi connectivity index (χ2v) is 17.3. The number of hydrogen-bond acceptors (Lipinski definition) is 14. The van der Waals surface area contributed by atoms with Gasteiger partial charge in [-0.2, -0.15) is 0 Å². The number of phosphoric acid groups is 1. The third-order valence-electron chi connectivity index (χ3n) is 11.3. The molecule has 4 heterocycles. The van der Waals surface area contributed by atoms with Gasteiger partial charge in [0.05, 0.1) is 42.2 Å². The molecule has 7 N–H and O–H groups in total. The van der Waals surface area contributed by atoms with Crippen LogP contribution in [0.3, 0.4) is 0 Å². The Morgan fingerprint density at radius 3 is 2.68 bits per heavy atom. The average molecular weight is 954 g/mol. The van der Waals surface area contributed by atoms with Gasteiger partial charge in [-0.1, -0.05) is 18.2 Å². The molecule has 2 aromatic carbocycles. The molecule has 68 heavy (non-hydrogen) atoms. The first kappa shape index (κ1) is 49.5. The minimum atomic E-state index is -4.79. The normalized spacial score (nSPS) is 16.6. The van der Waals surface area contributed by atoms with Crippen molar-refractivity contribution in [2.45, 2.75) is 65.4 Å². The summed E-state index contributed by atoms with van der Waals surface area (Å²) in [5.41, 5.74) is 12.9. The van der Waals surface area contributed by atoms with Crippen LogP contribution in [0.2, 0.25) is 0 Å². The van der Waals surface area contributed by atoms with Gasteiger partial charge in [-0.3, -0.25) is 14.3 Å². The molecule has 0 unspecified atom stereocenters. The molecule has 7 rings (SSSR count). The number of carbonyl (C=O) groups is 2. The summed E-state index contributed by atoms with van der Waals surface area (Å²) >= 11 is 0. The van der Waals surface area contributed by atoms with E-state index in [0.29, 0.717) is 52.2 Å². The summed E-state index contributed by atoms with van der Waals surface area (Å²) in [7, 11) is -4.79. The maximum atomic E-state index is 12.9. The van der Waals surface area contributed by atoms with Crippen LogP contribution in [0.15, 0.2) is 83.1 Å². The molecule has 0 spiro atoms. The number of ether oxygens (including phenoxy) is 4. The van der Waals surface area contributed by atoms with Gasteiger partial charge in [0.1, 0.15) is 54.0 Å². The second-order valence-electron chi connectivity index (χ2n) is 16.0. The Morgan fingerprint density at radius 2 is 1.93 bits per heavy atom. The first-order valence-corrected chi connectivity index (χ1v) is 23.7. The predicted molar refractivity (Wildman–Crippen MR) is 256 cm³/mol. The Labute approximate surface area is 392 Å². The van der Waals surface area contributed by atoms with Crippen molar-refractivity contribution in [1.82, 2.24) is 19.9 Å². The van der Waals surface area contributed by atoms with Crippen LogP contribution >= 0.6 is 7.82 Å². The standard InChI is InChI=1S/C48H56N7O12P/c1-6-16-62-27-64-40-23-43(67-41(40)25-65-68(59,60)61)55-24-30(44-46(49)53-26-54-47(44)55)11-9-15-52-42(56)12-10-17-63-31-13-14-32(33(20-31)48(57)58)45-34-18-28(4)36(50-7-2)21-38(34)66-39-22-37(51-8-3)29(5)19-35(39)45/h6,9,11,13-14,18-22,24,26,40-41,43,50H,1,7-8,10,12,15-17,23,25,27H2,2-5H3,(H,52,56)(H,57,58)(H2,49,53,54)(H2,59,60,61)/b11-9+,51-37?/t40-,41-,43-/m1/s1. The number of phosphoric ester groups is 1. The topological polar surface area (TPSA) is 264 Å². The fourth-order valence-electron chi connectivity index (χ4n) is 8.20. The molecule has 360 valence electrons. The Hall–Kier alpha value is -6.44. The first-order chi connectivity index (χ1) is 32.7. The zero-order valence-electron chi connectivity index (χ0n) is 38.3. The number of hydrogen-bond donors (Lipinski definition) is 6. The number of rotatable bonds is 22. The van der Waals surface area contributed by atoms with Gasteiger partial charge in [0, 0.05) is 78.6 Å². The Morgan fingerprint density at radius 1 is 1.10 bits per heavy atom. The van der Waals surface area contributed by atoms with E-state index in [-0.39, 0.29) is 56.7 Å². The van der Waals surface area contributed by atoms with E-state index in [1.807, 2.05) is 52.0 Å². The number of aryl methyl sites for hydroxylation is 2. The van der Waals surface area contributed by atoms with E-state index in [9.17, 15) is 29.0 Å². The van der Waals surface area contributed by atoms with Crippen LogP contribution in [0.1, 0.15) is 66.4 Å². The highest BCUT2D eigenvalue weighted by molar-refractivity contribution is 7.46. The summed E-state index contributed by atoms with van der Waals surface area (Å²) in [6.45, 7) is 12.9. The highest BCUT2D eigenvalue weighted by Gasteiger charge is 2.39. The van der Waals surface area contributed by atoms with Gasteiger partial charge in [0.15, 0.2) is 0 Å². The zero-order chi connectivity index (χ0) is 48.5. The minimum Gasteiger partial charge on any atom is -0.494 e. The summed E-state index contributed by atoms with van der Waals surface area (Å²) in [6, 6.07) is 12.9. The maximum Gasteiger partial charge on any atom is 0.469 e. The molecule has 1 aliphatic carbocycles. The number of benzene rings is 3. The van der Waals surface area contributed by atoms with Crippen LogP contribution in [0.5, 0.6) is 5.75 Å². The number of carbonyl (C=O) groups excluding carboxylic acids is 1. The van der Waals surface area contributed by atoms with Crippen molar-refractivity contribution < 1.29 is 56.9 Å². The quantitative estimate of drug-likeness (QED) is 0.0130. The lowest BCUT2D eigenvalue weighted by molar-refractivity contribution is -0.121. The van der Waals surface area contributed by atoms with Crippen LogP contribution in [0.25, 0.3) is 50.5 Å². The van der Waals surface area contributed by atoms with Crippen molar-refractivity contribution in [3.63, 3.8) is 0 Å². The van der Waals surface area contributed by atoms with Crippen LogP contribution in [0, 0.1) is 13.8 Å². The molecule has 3 aliphatic rings. The molecule has 1 saturated heterocycles. The van der Waals surface area contributed by atoms with E-state index >= 15 is 0 Å². The SMILES string of the molecule is C=CCOCO[C@@H]1C[C@H](n2cc(/C=C/CNC(=O)CCCOc3ccc(-c4c5cc(C)c(=NCC)cc-5oc5cc(NCC)c(C)cc45)c(C(=O)O)c3)c3c(N)ncnc32)O[C@@H]1COP(=O)(O)O. The molecular weight excluding hydrogens is 898 g/mol. The molecular formula is C48H56N7O12P. The number of nitrogens with zero attached hydrogens (tertiary/aromatic N) is 4. The van der Waals surface area contributed by atoms with Crippen molar-refractivity contribution in [2.75, 3.05) is 57.3 Å². The molecule has 0 radical (unpaired) electrons. The lowest BCUT2D eigenvalue weighted by Crippen LogP contribution is -2.29. The molecule has 0 saturated carbocycles. The van der Waals surface area contributed by atoms with E-state index in [2.05, 4.69) is 32.2 Å². The van der Waals surface area contributed by atoms with E-state index in [4.69, 9.17) is 33.6 Å². The monoisotopic (exact) mass is 953 g/mol. The average Bonchev–Trinajstić information content (AvgIpc) is 3.89. The lowest BCUT2D eigenvalue weighted by Gasteiger charge is -2.20. The van der Waals surface area contributed by atoms with Crippen LogP contribution < -0.4 is 26.5 Å². The van der Waals surface area contributed by atoms with Crippen LogP contribution in [-0.2, 0) is 28.1 Å². The molecule has 3 atom stereocenters.